The highest BCUT2D eigenvalue weighted by Gasteiger charge is 2.33. The number of aromatic nitrogens is 3. The van der Waals surface area contributed by atoms with Crippen molar-refractivity contribution in [2.45, 2.75) is 19.9 Å². The zero-order valence-corrected chi connectivity index (χ0v) is 16.3. The summed E-state index contributed by atoms with van der Waals surface area (Å²) in [6.07, 6.45) is 2.73. The van der Waals surface area contributed by atoms with E-state index in [0.29, 0.717) is 35.8 Å². The van der Waals surface area contributed by atoms with E-state index in [1.54, 1.807) is 11.1 Å². The third kappa shape index (κ3) is 3.55. The van der Waals surface area contributed by atoms with Crippen molar-refractivity contribution >= 4 is 33.4 Å². The molecule has 3 aromatic heterocycles. The second-order valence-electron chi connectivity index (χ2n) is 7.03. The Bertz CT molecular complexity index is 1030. The summed E-state index contributed by atoms with van der Waals surface area (Å²) in [4.78, 5) is 28.5. The van der Waals surface area contributed by atoms with Crippen LogP contribution in [-0.4, -0.2) is 50.6 Å². The van der Waals surface area contributed by atoms with Crippen molar-refractivity contribution in [1.29, 1.82) is 0 Å². The van der Waals surface area contributed by atoms with Crippen LogP contribution in [0, 0.1) is 18.7 Å². The summed E-state index contributed by atoms with van der Waals surface area (Å²) >= 11 is 1.48. The maximum absolute atomic E-state index is 13.5. The van der Waals surface area contributed by atoms with Crippen molar-refractivity contribution in [2.75, 3.05) is 25.0 Å². The third-order valence-electron chi connectivity index (χ3n) is 4.77. The van der Waals surface area contributed by atoms with E-state index in [1.807, 2.05) is 19.9 Å². The van der Waals surface area contributed by atoms with Crippen LogP contribution in [0.2, 0.25) is 0 Å². The molecule has 1 aliphatic rings. The molecule has 1 fully saturated rings. The predicted molar refractivity (Wildman–Crippen MR) is 105 cm³/mol. The molecule has 0 bridgehead atoms. The summed E-state index contributed by atoms with van der Waals surface area (Å²) in [6, 6.07) is 3.04. The van der Waals surface area contributed by atoms with Crippen molar-refractivity contribution in [3.63, 3.8) is 0 Å². The average molecular weight is 401 g/mol. The average Bonchev–Trinajstić information content (AvgIpc) is 3.00. The van der Waals surface area contributed by atoms with E-state index >= 15 is 0 Å². The normalized spacial score (nSPS) is 15.5. The van der Waals surface area contributed by atoms with Crippen LogP contribution in [0.25, 0.3) is 10.2 Å². The van der Waals surface area contributed by atoms with Gasteiger partial charge in [-0.05, 0) is 31.5 Å². The first-order chi connectivity index (χ1) is 13.4. The van der Waals surface area contributed by atoms with Crippen molar-refractivity contribution in [3.8, 4) is 0 Å². The molecule has 1 saturated heterocycles. The lowest BCUT2D eigenvalue weighted by Crippen LogP contribution is -2.51. The van der Waals surface area contributed by atoms with Gasteiger partial charge in [-0.2, -0.15) is 0 Å². The zero-order chi connectivity index (χ0) is 19.8. The minimum absolute atomic E-state index is 0.0765. The Labute approximate surface area is 165 Å². The van der Waals surface area contributed by atoms with Gasteiger partial charge in [-0.3, -0.25) is 9.78 Å². The molecule has 0 spiro atoms. The number of carbonyl (C=O) groups excluding carboxylic acids is 1. The van der Waals surface area contributed by atoms with E-state index in [4.69, 9.17) is 0 Å². The number of aliphatic hydroxyl groups excluding tert-OH is 1. The number of carbonyl (C=O) groups is 1. The lowest BCUT2D eigenvalue weighted by molar-refractivity contribution is 0.0359. The Morgan fingerprint density at radius 1 is 1.39 bits per heavy atom. The van der Waals surface area contributed by atoms with Gasteiger partial charge in [0.2, 0.25) is 5.95 Å². The number of anilines is 1. The molecule has 4 heterocycles. The number of amides is 1. The molecular formula is C19H20FN5O2S. The van der Waals surface area contributed by atoms with Crippen molar-refractivity contribution < 1.29 is 14.3 Å². The molecule has 0 radical (unpaired) electrons. The summed E-state index contributed by atoms with van der Waals surface area (Å²) < 4.78 is 14.2. The Kier molecular flexibility index (Phi) is 4.94. The van der Waals surface area contributed by atoms with Crippen LogP contribution in [0.1, 0.15) is 33.9 Å². The van der Waals surface area contributed by atoms with Crippen LogP contribution in [-0.2, 0) is 0 Å². The lowest BCUT2D eigenvalue weighted by atomic mass is 10.0. The molecule has 0 saturated carbocycles. The van der Waals surface area contributed by atoms with E-state index in [2.05, 4.69) is 20.3 Å². The van der Waals surface area contributed by atoms with Gasteiger partial charge in [-0.25, -0.2) is 14.4 Å². The van der Waals surface area contributed by atoms with Crippen molar-refractivity contribution in [2.24, 2.45) is 5.92 Å². The number of aliphatic hydroxyl groups is 1. The summed E-state index contributed by atoms with van der Waals surface area (Å²) in [5.41, 5.74) is 1.71. The molecule has 0 unspecified atom stereocenters. The van der Waals surface area contributed by atoms with Gasteiger partial charge in [0.15, 0.2) is 5.69 Å². The second-order valence-corrected chi connectivity index (χ2v) is 8.28. The molecule has 7 nitrogen and oxygen atoms in total. The number of nitrogens with one attached hydrogen (secondary N) is 1. The van der Waals surface area contributed by atoms with Crippen molar-refractivity contribution in [1.82, 2.24) is 19.9 Å². The number of hydrogen-bond acceptors (Lipinski definition) is 7. The number of hydrogen-bond donors (Lipinski definition) is 2. The van der Waals surface area contributed by atoms with Gasteiger partial charge in [0, 0.05) is 36.7 Å². The van der Waals surface area contributed by atoms with E-state index in [0.717, 1.165) is 15.8 Å². The minimum atomic E-state index is -0.414. The molecule has 0 aliphatic carbocycles. The molecule has 1 atom stereocenters. The number of fused-ring (bicyclic) bond motifs is 1. The number of pyridine rings is 1. The quantitative estimate of drug-likeness (QED) is 0.683. The number of halogens is 1. The minimum Gasteiger partial charge on any atom is -0.396 e. The maximum Gasteiger partial charge on any atom is 0.274 e. The largest absolute Gasteiger partial charge is 0.396 e. The molecule has 0 aromatic carbocycles. The molecule has 28 heavy (non-hydrogen) atoms. The summed E-state index contributed by atoms with van der Waals surface area (Å²) in [5, 5.41) is 12.3. The molecular weight excluding hydrogens is 381 g/mol. The third-order valence-corrected chi connectivity index (χ3v) is 5.82. The SMILES string of the molecule is Cc1cc2nc(N[C@@H](C)c3cncc(F)c3)nc(C(=O)N3CC(CO)C3)c2s1. The van der Waals surface area contributed by atoms with E-state index in [9.17, 15) is 14.3 Å². The second kappa shape index (κ2) is 7.40. The molecule has 4 rings (SSSR count). The molecule has 2 N–H and O–H groups in total. The number of aryl methyl sites for hydroxylation is 1. The van der Waals surface area contributed by atoms with E-state index in [-0.39, 0.29) is 24.5 Å². The Morgan fingerprint density at radius 3 is 2.89 bits per heavy atom. The highest BCUT2D eigenvalue weighted by Crippen LogP contribution is 2.30. The molecule has 1 amide bonds. The van der Waals surface area contributed by atoms with Crippen LogP contribution in [0.3, 0.4) is 0 Å². The fraction of sp³-hybridized carbons (Fsp3) is 0.368. The van der Waals surface area contributed by atoms with Crippen LogP contribution in [0.5, 0.6) is 0 Å². The topological polar surface area (TPSA) is 91.2 Å². The number of thiophene rings is 1. The van der Waals surface area contributed by atoms with Crippen LogP contribution in [0.4, 0.5) is 10.3 Å². The lowest BCUT2D eigenvalue weighted by Gasteiger charge is -2.38. The zero-order valence-electron chi connectivity index (χ0n) is 15.5. The van der Waals surface area contributed by atoms with Gasteiger partial charge in [0.05, 0.1) is 22.5 Å². The first-order valence-electron chi connectivity index (χ1n) is 9.00. The Hall–Kier alpha value is -2.65. The van der Waals surface area contributed by atoms with Gasteiger partial charge < -0.3 is 15.3 Å². The van der Waals surface area contributed by atoms with E-state index in [1.165, 1.54) is 17.4 Å². The van der Waals surface area contributed by atoms with Crippen LogP contribution < -0.4 is 5.32 Å². The van der Waals surface area contributed by atoms with Crippen LogP contribution in [0.15, 0.2) is 24.5 Å². The molecule has 146 valence electrons. The van der Waals surface area contributed by atoms with Gasteiger partial charge in [-0.15, -0.1) is 11.3 Å². The highest BCUT2D eigenvalue weighted by atomic mass is 32.1. The summed E-state index contributed by atoms with van der Waals surface area (Å²) in [5.74, 6) is -0.140. The summed E-state index contributed by atoms with van der Waals surface area (Å²) in [6.45, 7) is 4.94. The fourth-order valence-electron chi connectivity index (χ4n) is 3.20. The van der Waals surface area contributed by atoms with Gasteiger partial charge in [0.1, 0.15) is 5.82 Å². The first-order valence-corrected chi connectivity index (χ1v) is 9.81. The Morgan fingerprint density at radius 2 is 2.18 bits per heavy atom. The standard InChI is InChI=1S/C19H20FN5O2S/c1-10-3-15-17(28-10)16(18(27)25-7-12(8-25)9-26)24-19(23-15)22-11(2)13-4-14(20)6-21-5-13/h3-6,11-12,26H,7-9H2,1-2H3,(H,22,23,24)/t11-/m0/s1. The van der Waals surface area contributed by atoms with E-state index < -0.39 is 5.82 Å². The Balaban J connectivity index is 1.65. The monoisotopic (exact) mass is 401 g/mol. The van der Waals surface area contributed by atoms with Gasteiger partial charge in [-0.1, -0.05) is 0 Å². The smallest absolute Gasteiger partial charge is 0.274 e. The maximum atomic E-state index is 13.5. The number of rotatable bonds is 5. The first kappa shape index (κ1) is 18.7. The molecule has 3 aromatic rings. The predicted octanol–water partition coefficient (Wildman–Crippen LogP) is 2.77. The van der Waals surface area contributed by atoms with Crippen molar-refractivity contribution in [3.05, 3.63) is 46.5 Å². The number of likely N-dealkylation sites (tertiary alicyclic amines) is 1. The number of nitrogens with zero attached hydrogens (tertiary/aromatic N) is 4. The molecule has 1 aliphatic heterocycles. The van der Waals surface area contributed by atoms with Gasteiger partial charge in [0.25, 0.3) is 5.91 Å². The fourth-order valence-corrected chi connectivity index (χ4v) is 4.13. The van der Waals surface area contributed by atoms with Crippen LogP contribution >= 0.6 is 11.3 Å². The molecule has 9 heteroatoms. The van der Waals surface area contributed by atoms with Gasteiger partial charge >= 0.3 is 0 Å². The summed E-state index contributed by atoms with van der Waals surface area (Å²) in [7, 11) is 0. The highest BCUT2D eigenvalue weighted by molar-refractivity contribution is 7.19.